The lowest BCUT2D eigenvalue weighted by Crippen LogP contribution is -2.41. The van der Waals surface area contributed by atoms with Gasteiger partial charge in [0.2, 0.25) is 0 Å². The number of cyclic esters (lactones) is 2. The van der Waals surface area contributed by atoms with Gasteiger partial charge in [0.1, 0.15) is 5.57 Å². The third kappa shape index (κ3) is 2.82. The number of rotatable bonds is 1. The Kier molecular flexibility index (Phi) is 3.81. The lowest BCUT2D eigenvalue weighted by atomic mass is 10.1. The summed E-state index contributed by atoms with van der Waals surface area (Å²) in [6.45, 7) is 2.79. The standard InChI is InChI=1S/C13H9F2IO4/c1-13(2)19-11(17)7(12(18)20-13)5-6-9(16)4-3-8(14)10(6)15/h3-5H,1-2H3. The zero-order chi connectivity index (χ0) is 15.1. The predicted octanol–water partition coefficient (Wildman–Crippen LogP) is 2.79. The van der Waals surface area contributed by atoms with Crippen molar-refractivity contribution in [2.45, 2.75) is 19.6 Å². The Balaban J connectivity index is 2.49. The summed E-state index contributed by atoms with van der Waals surface area (Å²) < 4.78 is 37.0. The minimum atomic E-state index is -1.38. The molecule has 0 radical (unpaired) electrons. The van der Waals surface area contributed by atoms with Crippen LogP contribution in [0.3, 0.4) is 0 Å². The molecule has 0 atom stereocenters. The number of benzene rings is 1. The average Bonchev–Trinajstić information content (AvgIpc) is 2.31. The van der Waals surface area contributed by atoms with Gasteiger partial charge in [0, 0.05) is 23.0 Å². The number of hydrogen-bond acceptors (Lipinski definition) is 4. The molecule has 20 heavy (non-hydrogen) atoms. The SMILES string of the molecule is CC1(C)OC(=O)C(=Cc2c(I)ccc(F)c2F)C(=O)O1. The first-order valence-corrected chi connectivity index (χ1v) is 6.61. The molecular formula is C13H9F2IO4. The molecule has 0 aromatic heterocycles. The van der Waals surface area contributed by atoms with Gasteiger partial charge in [0.25, 0.3) is 5.79 Å². The maximum Gasteiger partial charge on any atom is 0.348 e. The maximum atomic E-state index is 13.7. The molecule has 1 fully saturated rings. The van der Waals surface area contributed by atoms with Gasteiger partial charge in [-0.15, -0.1) is 0 Å². The van der Waals surface area contributed by atoms with Crippen molar-refractivity contribution in [1.82, 2.24) is 0 Å². The second kappa shape index (κ2) is 5.12. The highest BCUT2D eigenvalue weighted by Gasteiger charge is 2.39. The number of carbonyl (C=O) groups excluding carboxylic acids is 2. The quantitative estimate of drug-likeness (QED) is 0.242. The van der Waals surface area contributed by atoms with Crippen molar-refractivity contribution in [3.05, 3.63) is 38.5 Å². The smallest absolute Gasteiger partial charge is 0.348 e. The van der Waals surface area contributed by atoms with Crippen molar-refractivity contribution >= 4 is 40.6 Å². The van der Waals surface area contributed by atoms with Crippen LogP contribution in [0.2, 0.25) is 0 Å². The van der Waals surface area contributed by atoms with Crippen molar-refractivity contribution in [1.29, 1.82) is 0 Å². The molecule has 1 saturated heterocycles. The number of carbonyl (C=O) groups is 2. The first kappa shape index (κ1) is 14.9. The molecular weight excluding hydrogens is 385 g/mol. The molecule has 1 aliphatic heterocycles. The van der Waals surface area contributed by atoms with E-state index in [0.717, 1.165) is 12.1 Å². The third-order valence-corrected chi connectivity index (χ3v) is 3.43. The van der Waals surface area contributed by atoms with E-state index >= 15 is 0 Å². The number of halogens is 3. The minimum absolute atomic E-state index is 0.200. The minimum Gasteiger partial charge on any atom is -0.419 e. The average molecular weight is 394 g/mol. The molecule has 0 unspecified atom stereocenters. The fourth-order valence-electron chi connectivity index (χ4n) is 1.60. The summed E-state index contributed by atoms with van der Waals surface area (Å²) in [7, 11) is 0. The van der Waals surface area contributed by atoms with Crippen molar-refractivity contribution in [2.75, 3.05) is 0 Å². The van der Waals surface area contributed by atoms with E-state index in [1.165, 1.54) is 19.9 Å². The van der Waals surface area contributed by atoms with E-state index in [1.807, 2.05) is 0 Å². The van der Waals surface area contributed by atoms with Crippen LogP contribution in [0.1, 0.15) is 19.4 Å². The van der Waals surface area contributed by atoms with Gasteiger partial charge in [-0.05, 0) is 40.8 Å². The highest BCUT2D eigenvalue weighted by atomic mass is 127. The Hall–Kier alpha value is -1.51. The van der Waals surface area contributed by atoms with Crippen LogP contribution in [0.4, 0.5) is 8.78 Å². The number of ether oxygens (including phenoxy) is 2. The molecule has 1 heterocycles. The lowest BCUT2D eigenvalue weighted by Gasteiger charge is -2.29. The summed E-state index contributed by atoms with van der Waals surface area (Å²) in [4.78, 5) is 23.4. The van der Waals surface area contributed by atoms with Gasteiger partial charge < -0.3 is 9.47 Å². The molecule has 0 N–H and O–H groups in total. The normalized spacial score (nSPS) is 17.6. The van der Waals surface area contributed by atoms with Crippen molar-refractivity contribution in [2.24, 2.45) is 0 Å². The molecule has 4 nitrogen and oxygen atoms in total. The van der Waals surface area contributed by atoms with E-state index in [4.69, 9.17) is 9.47 Å². The molecule has 106 valence electrons. The molecule has 0 amide bonds. The summed E-state index contributed by atoms with van der Waals surface area (Å²) in [6.07, 6.45) is 0.931. The Morgan fingerprint density at radius 1 is 1.15 bits per heavy atom. The molecule has 0 bridgehead atoms. The van der Waals surface area contributed by atoms with Crippen molar-refractivity contribution in [3.63, 3.8) is 0 Å². The van der Waals surface area contributed by atoms with Crippen LogP contribution in [0, 0.1) is 15.2 Å². The largest absolute Gasteiger partial charge is 0.419 e. The number of esters is 2. The monoisotopic (exact) mass is 394 g/mol. The summed E-state index contributed by atoms with van der Waals surface area (Å²) in [5.41, 5.74) is -0.680. The van der Waals surface area contributed by atoms with Crippen LogP contribution < -0.4 is 0 Å². The van der Waals surface area contributed by atoms with Gasteiger partial charge in [0.05, 0.1) is 0 Å². The van der Waals surface area contributed by atoms with Crippen LogP contribution in [-0.4, -0.2) is 17.7 Å². The molecule has 0 aliphatic carbocycles. The maximum absolute atomic E-state index is 13.7. The Bertz CT molecular complexity index is 616. The first-order chi connectivity index (χ1) is 9.21. The summed E-state index contributed by atoms with van der Waals surface area (Å²) in [5, 5.41) is 0. The van der Waals surface area contributed by atoms with E-state index in [2.05, 4.69) is 0 Å². The van der Waals surface area contributed by atoms with Gasteiger partial charge in [-0.3, -0.25) is 0 Å². The fourth-order valence-corrected chi connectivity index (χ4v) is 2.17. The van der Waals surface area contributed by atoms with Crippen LogP contribution in [0.25, 0.3) is 6.08 Å². The molecule has 7 heteroatoms. The number of hydrogen-bond donors (Lipinski definition) is 0. The second-order valence-corrected chi connectivity index (χ2v) is 5.66. The highest BCUT2D eigenvalue weighted by molar-refractivity contribution is 14.1. The van der Waals surface area contributed by atoms with Crippen LogP contribution in [-0.2, 0) is 19.1 Å². The van der Waals surface area contributed by atoms with Gasteiger partial charge >= 0.3 is 11.9 Å². The van der Waals surface area contributed by atoms with Crippen molar-refractivity contribution < 1.29 is 27.8 Å². The Labute approximate surface area is 126 Å². The molecule has 1 aromatic rings. The Morgan fingerprint density at radius 2 is 1.70 bits per heavy atom. The van der Waals surface area contributed by atoms with E-state index in [1.54, 1.807) is 22.6 Å². The van der Waals surface area contributed by atoms with Crippen LogP contribution in [0.5, 0.6) is 0 Å². The predicted molar refractivity (Wildman–Crippen MR) is 73.3 cm³/mol. The molecule has 0 saturated carbocycles. The topological polar surface area (TPSA) is 52.6 Å². The van der Waals surface area contributed by atoms with Crippen molar-refractivity contribution in [3.8, 4) is 0 Å². The Morgan fingerprint density at radius 3 is 2.25 bits per heavy atom. The fraction of sp³-hybridized carbons (Fsp3) is 0.231. The van der Waals surface area contributed by atoms with Gasteiger partial charge in [-0.2, -0.15) is 0 Å². The summed E-state index contributed by atoms with van der Waals surface area (Å²) in [5.74, 6) is -5.47. The zero-order valence-electron chi connectivity index (χ0n) is 10.5. The summed E-state index contributed by atoms with van der Waals surface area (Å²) in [6, 6.07) is 2.29. The third-order valence-electron chi connectivity index (χ3n) is 2.48. The molecule has 1 aliphatic rings. The molecule has 1 aromatic carbocycles. The zero-order valence-corrected chi connectivity index (χ0v) is 12.7. The highest BCUT2D eigenvalue weighted by Crippen LogP contribution is 2.27. The van der Waals surface area contributed by atoms with E-state index in [0.29, 0.717) is 3.57 Å². The van der Waals surface area contributed by atoms with Gasteiger partial charge in [-0.25, -0.2) is 18.4 Å². The molecule has 0 spiro atoms. The first-order valence-electron chi connectivity index (χ1n) is 5.53. The van der Waals surface area contributed by atoms with Crippen LogP contribution in [0.15, 0.2) is 17.7 Å². The van der Waals surface area contributed by atoms with Gasteiger partial charge in [-0.1, -0.05) is 0 Å². The second-order valence-electron chi connectivity index (χ2n) is 4.49. The van der Waals surface area contributed by atoms with E-state index in [9.17, 15) is 18.4 Å². The van der Waals surface area contributed by atoms with E-state index < -0.39 is 34.9 Å². The lowest BCUT2D eigenvalue weighted by molar-refractivity contribution is -0.222. The van der Waals surface area contributed by atoms with E-state index in [-0.39, 0.29) is 5.56 Å². The summed E-state index contributed by atoms with van der Waals surface area (Å²) >= 11 is 1.76. The van der Waals surface area contributed by atoms with Crippen LogP contribution >= 0.6 is 22.6 Å². The molecule has 2 rings (SSSR count). The van der Waals surface area contributed by atoms with Gasteiger partial charge in [0.15, 0.2) is 11.6 Å².